The molecule has 1 fully saturated rings. The van der Waals surface area contributed by atoms with Crippen LogP contribution in [0.15, 0.2) is 0 Å². The smallest absolute Gasteiger partial charge is 0.322 e. The van der Waals surface area contributed by atoms with Crippen molar-refractivity contribution >= 4 is 11.9 Å². The van der Waals surface area contributed by atoms with Gasteiger partial charge in [0.05, 0.1) is 0 Å². The third-order valence-corrected chi connectivity index (χ3v) is 1.44. The summed E-state index contributed by atoms with van der Waals surface area (Å²) in [5.41, 5.74) is 0. The van der Waals surface area contributed by atoms with Crippen LogP contribution in [0.1, 0.15) is 19.8 Å². The first kappa shape index (κ1) is 7.05. The first-order chi connectivity index (χ1) is 4.74. The molecule has 0 aromatic carbocycles. The first-order valence-electron chi connectivity index (χ1n) is 3.35. The van der Waals surface area contributed by atoms with Crippen molar-refractivity contribution in [2.45, 2.75) is 25.8 Å². The molecule has 1 atom stereocenters. The fourth-order valence-corrected chi connectivity index (χ4v) is 0.951. The Labute approximate surface area is 59.0 Å². The molecule has 0 aromatic rings. The summed E-state index contributed by atoms with van der Waals surface area (Å²) in [4.78, 5) is 21.3. The monoisotopic (exact) mass is 142 g/mol. The Balaban J connectivity index is 2.46. The van der Waals surface area contributed by atoms with Gasteiger partial charge < -0.3 is 5.32 Å². The molecule has 1 saturated heterocycles. The van der Waals surface area contributed by atoms with Gasteiger partial charge in [0, 0.05) is 0 Å². The summed E-state index contributed by atoms with van der Waals surface area (Å²) in [5, 5.41) is 4.67. The Bertz CT molecular complexity index is 167. The standard InChI is InChI=1S/C6H10N2O2/c1-2-3-4-5(9)8-6(10)7-4/h4H,2-3H2,1H3,(H2,7,8,9,10)/t4-/m1/s1. The van der Waals surface area contributed by atoms with Crippen molar-refractivity contribution < 1.29 is 9.59 Å². The Morgan fingerprint density at radius 2 is 2.20 bits per heavy atom. The highest BCUT2D eigenvalue weighted by Crippen LogP contribution is 2.00. The molecule has 0 aromatic heterocycles. The van der Waals surface area contributed by atoms with Crippen LogP contribution in [0.25, 0.3) is 0 Å². The Hall–Kier alpha value is -1.06. The molecule has 10 heavy (non-hydrogen) atoms. The van der Waals surface area contributed by atoms with Gasteiger partial charge in [-0.2, -0.15) is 0 Å². The lowest BCUT2D eigenvalue weighted by Gasteiger charge is -2.01. The van der Waals surface area contributed by atoms with Crippen LogP contribution in [-0.2, 0) is 4.79 Å². The van der Waals surface area contributed by atoms with E-state index in [4.69, 9.17) is 0 Å². The molecular weight excluding hydrogens is 132 g/mol. The van der Waals surface area contributed by atoms with E-state index in [1.165, 1.54) is 0 Å². The molecule has 3 amide bonds. The molecule has 0 bridgehead atoms. The van der Waals surface area contributed by atoms with E-state index in [0.29, 0.717) is 0 Å². The number of hydrogen-bond acceptors (Lipinski definition) is 2. The van der Waals surface area contributed by atoms with Crippen molar-refractivity contribution in [3.63, 3.8) is 0 Å². The minimum absolute atomic E-state index is 0.202. The molecular formula is C6H10N2O2. The average Bonchev–Trinajstić information content (AvgIpc) is 2.13. The van der Waals surface area contributed by atoms with Gasteiger partial charge in [-0.15, -0.1) is 0 Å². The highest BCUT2D eigenvalue weighted by molar-refractivity contribution is 6.04. The molecule has 0 spiro atoms. The first-order valence-corrected chi connectivity index (χ1v) is 3.35. The fourth-order valence-electron chi connectivity index (χ4n) is 0.951. The van der Waals surface area contributed by atoms with E-state index in [2.05, 4.69) is 10.6 Å². The number of imide groups is 1. The number of carbonyl (C=O) groups excluding carboxylic acids is 2. The molecule has 1 heterocycles. The molecule has 4 nitrogen and oxygen atoms in total. The van der Waals surface area contributed by atoms with Crippen molar-refractivity contribution in [1.29, 1.82) is 0 Å². The number of carbonyl (C=O) groups is 2. The second-order valence-electron chi connectivity index (χ2n) is 2.30. The summed E-state index contributed by atoms with van der Waals surface area (Å²) in [6, 6.07) is -0.666. The molecule has 1 aliphatic rings. The summed E-state index contributed by atoms with van der Waals surface area (Å²) < 4.78 is 0. The van der Waals surface area contributed by atoms with E-state index < -0.39 is 0 Å². The van der Waals surface area contributed by atoms with E-state index in [1.807, 2.05) is 6.92 Å². The van der Waals surface area contributed by atoms with Gasteiger partial charge in [-0.05, 0) is 6.42 Å². The van der Waals surface area contributed by atoms with E-state index in [0.717, 1.165) is 12.8 Å². The van der Waals surface area contributed by atoms with E-state index in [-0.39, 0.29) is 18.0 Å². The van der Waals surface area contributed by atoms with Gasteiger partial charge in [0.25, 0.3) is 5.91 Å². The number of nitrogens with one attached hydrogen (secondary N) is 2. The summed E-state index contributed by atoms with van der Waals surface area (Å²) in [6.07, 6.45) is 1.62. The zero-order valence-corrected chi connectivity index (χ0v) is 5.81. The van der Waals surface area contributed by atoms with Crippen molar-refractivity contribution in [3.05, 3.63) is 0 Å². The van der Waals surface area contributed by atoms with Crippen LogP contribution in [0.2, 0.25) is 0 Å². The van der Waals surface area contributed by atoms with Crippen LogP contribution in [0, 0.1) is 0 Å². The lowest BCUT2D eigenvalue weighted by Crippen LogP contribution is -2.28. The minimum Gasteiger partial charge on any atom is -0.326 e. The van der Waals surface area contributed by atoms with Crippen LogP contribution in [0.4, 0.5) is 4.79 Å². The van der Waals surface area contributed by atoms with Gasteiger partial charge in [-0.25, -0.2) is 4.79 Å². The van der Waals surface area contributed by atoms with Gasteiger partial charge in [0.2, 0.25) is 0 Å². The average molecular weight is 142 g/mol. The predicted molar refractivity (Wildman–Crippen MR) is 35.4 cm³/mol. The minimum atomic E-state index is -0.372. The summed E-state index contributed by atoms with van der Waals surface area (Å²) >= 11 is 0. The zero-order valence-electron chi connectivity index (χ0n) is 5.81. The van der Waals surface area contributed by atoms with Gasteiger partial charge >= 0.3 is 6.03 Å². The van der Waals surface area contributed by atoms with Crippen LogP contribution < -0.4 is 10.6 Å². The van der Waals surface area contributed by atoms with Gasteiger partial charge in [0.15, 0.2) is 0 Å². The second kappa shape index (κ2) is 2.68. The normalized spacial score (nSPS) is 24.3. The van der Waals surface area contributed by atoms with Crippen LogP contribution in [-0.4, -0.2) is 18.0 Å². The molecule has 4 heteroatoms. The number of urea groups is 1. The summed E-state index contributed by atoms with van der Waals surface area (Å²) in [5.74, 6) is -0.202. The predicted octanol–water partition coefficient (Wildman–Crippen LogP) is -0.00550. The quantitative estimate of drug-likeness (QED) is 0.533. The van der Waals surface area contributed by atoms with E-state index in [1.54, 1.807) is 0 Å². The Kier molecular flexibility index (Phi) is 1.89. The number of rotatable bonds is 2. The SMILES string of the molecule is CCC[C@H]1NC(=O)NC1=O. The zero-order chi connectivity index (χ0) is 7.56. The van der Waals surface area contributed by atoms with Crippen LogP contribution in [0.5, 0.6) is 0 Å². The molecule has 0 unspecified atom stereocenters. The van der Waals surface area contributed by atoms with Gasteiger partial charge in [-0.1, -0.05) is 13.3 Å². The van der Waals surface area contributed by atoms with Gasteiger partial charge in [-0.3, -0.25) is 10.1 Å². The summed E-state index contributed by atoms with van der Waals surface area (Å²) in [7, 11) is 0. The van der Waals surface area contributed by atoms with Crippen molar-refractivity contribution in [1.82, 2.24) is 10.6 Å². The van der Waals surface area contributed by atoms with Crippen molar-refractivity contribution in [3.8, 4) is 0 Å². The number of hydrogen-bond donors (Lipinski definition) is 2. The molecule has 1 rings (SSSR count). The molecule has 0 saturated carbocycles. The van der Waals surface area contributed by atoms with Crippen molar-refractivity contribution in [2.75, 3.05) is 0 Å². The third kappa shape index (κ3) is 1.26. The maximum Gasteiger partial charge on any atom is 0.322 e. The fraction of sp³-hybridized carbons (Fsp3) is 0.667. The number of amides is 3. The maximum atomic E-state index is 10.8. The van der Waals surface area contributed by atoms with E-state index >= 15 is 0 Å². The van der Waals surface area contributed by atoms with E-state index in [9.17, 15) is 9.59 Å². The molecule has 0 radical (unpaired) electrons. The van der Waals surface area contributed by atoms with Crippen molar-refractivity contribution in [2.24, 2.45) is 0 Å². The topological polar surface area (TPSA) is 58.2 Å². The molecule has 56 valence electrons. The van der Waals surface area contributed by atoms with Crippen LogP contribution >= 0.6 is 0 Å². The lowest BCUT2D eigenvalue weighted by atomic mass is 10.2. The molecule has 2 N–H and O–H groups in total. The van der Waals surface area contributed by atoms with Crippen LogP contribution in [0.3, 0.4) is 0 Å². The summed E-state index contributed by atoms with van der Waals surface area (Å²) in [6.45, 7) is 1.97. The highest BCUT2D eigenvalue weighted by atomic mass is 16.2. The highest BCUT2D eigenvalue weighted by Gasteiger charge is 2.27. The van der Waals surface area contributed by atoms with Gasteiger partial charge in [0.1, 0.15) is 6.04 Å². The Morgan fingerprint density at radius 3 is 2.60 bits per heavy atom. The Morgan fingerprint density at radius 1 is 1.50 bits per heavy atom. The third-order valence-electron chi connectivity index (χ3n) is 1.44. The maximum absolute atomic E-state index is 10.8. The largest absolute Gasteiger partial charge is 0.326 e. The molecule has 1 aliphatic heterocycles. The second-order valence-corrected chi connectivity index (χ2v) is 2.30. The molecule has 0 aliphatic carbocycles. The lowest BCUT2D eigenvalue weighted by molar-refractivity contribution is -0.120.